The molecule has 0 spiro atoms. The van der Waals surface area contributed by atoms with E-state index in [0.29, 0.717) is 0 Å². The van der Waals surface area contributed by atoms with E-state index in [-0.39, 0.29) is 6.10 Å². The summed E-state index contributed by atoms with van der Waals surface area (Å²) in [7, 11) is 0. The third-order valence-electron chi connectivity index (χ3n) is 2.52. The molecular formula is C13H21NO. The third-order valence-corrected chi connectivity index (χ3v) is 2.52. The Morgan fingerprint density at radius 3 is 2.40 bits per heavy atom. The summed E-state index contributed by atoms with van der Waals surface area (Å²) in [6.07, 6.45) is 1.69. The Morgan fingerprint density at radius 1 is 1.20 bits per heavy atom. The molecule has 0 saturated heterocycles. The Labute approximate surface area is 92.5 Å². The van der Waals surface area contributed by atoms with Crippen LogP contribution in [0, 0.1) is 0 Å². The van der Waals surface area contributed by atoms with Gasteiger partial charge in [-0.15, -0.1) is 0 Å². The number of anilines is 1. The van der Waals surface area contributed by atoms with Crippen molar-refractivity contribution in [3.8, 4) is 0 Å². The van der Waals surface area contributed by atoms with E-state index < -0.39 is 0 Å². The molecule has 84 valence electrons. The normalized spacial score (nSPS) is 12.5. The molecule has 0 amide bonds. The van der Waals surface area contributed by atoms with E-state index in [9.17, 15) is 5.11 Å². The van der Waals surface area contributed by atoms with E-state index in [1.807, 2.05) is 25.1 Å². The highest BCUT2D eigenvalue weighted by Gasteiger charge is 2.09. The summed E-state index contributed by atoms with van der Waals surface area (Å²) >= 11 is 0. The summed E-state index contributed by atoms with van der Waals surface area (Å²) in [6, 6.07) is 10.3. The molecule has 15 heavy (non-hydrogen) atoms. The second-order valence-corrected chi connectivity index (χ2v) is 3.84. The maximum Gasteiger partial charge on any atom is 0.0712 e. The fraction of sp³-hybridized carbons (Fsp3) is 0.538. The molecule has 0 radical (unpaired) electrons. The molecule has 0 heterocycles. The predicted octanol–water partition coefficient (Wildman–Crippen LogP) is 2.67. The van der Waals surface area contributed by atoms with Gasteiger partial charge in [0.15, 0.2) is 0 Å². The highest BCUT2D eigenvalue weighted by Crippen LogP contribution is 2.14. The van der Waals surface area contributed by atoms with Gasteiger partial charge in [-0.2, -0.15) is 0 Å². The van der Waals surface area contributed by atoms with Crippen LogP contribution in [-0.2, 0) is 0 Å². The Kier molecular flexibility index (Phi) is 5.19. The summed E-state index contributed by atoms with van der Waals surface area (Å²) in [6.45, 7) is 5.91. The monoisotopic (exact) mass is 207 g/mol. The third kappa shape index (κ3) is 3.92. The van der Waals surface area contributed by atoms with Crippen molar-refractivity contribution in [3.63, 3.8) is 0 Å². The van der Waals surface area contributed by atoms with Crippen LogP contribution in [-0.4, -0.2) is 24.3 Å². The van der Waals surface area contributed by atoms with Crippen LogP contribution in [0.15, 0.2) is 30.3 Å². The Balaban J connectivity index is 2.65. The minimum Gasteiger partial charge on any atom is -0.391 e. The molecule has 1 rings (SSSR count). The lowest BCUT2D eigenvalue weighted by Gasteiger charge is -2.26. The van der Waals surface area contributed by atoms with Crippen molar-refractivity contribution in [1.82, 2.24) is 0 Å². The maximum atomic E-state index is 9.67. The van der Waals surface area contributed by atoms with Gasteiger partial charge in [0.05, 0.1) is 6.10 Å². The van der Waals surface area contributed by atoms with Gasteiger partial charge in [-0.1, -0.05) is 32.0 Å². The maximum absolute atomic E-state index is 9.67. The smallest absolute Gasteiger partial charge is 0.0712 e. The van der Waals surface area contributed by atoms with Crippen molar-refractivity contribution in [2.24, 2.45) is 0 Å². The predicted molar refractivity (Wildman–Crippen MR) is 65.2 cm³/mol. The van der Waals surface area contributed by atoms with Gasteiger partial charge in [-0.25, -0.2) is 0 Å². The van der Waals surface area contributed by atoms with Crippen LogP contribution in [0.2, 0.25) is 0 Å². The van der Waals surface area contributed by atoms with Crippen molar-refractivity contribution in [1.29, 1.82) is 0 Å². The van der Waals surface area contributed by atoms with Gasteiger partial charge in [0.25, 0.3) is 0 Å². The largest absolute Gasteiger partial charge is 0.391 e. The van der Waals surface area contributed by atoms with Gasteiger partial charge in [0.1, 0.15) is 0 Å². The molecule has 1 N–H and O–H groups in total. The molecular weight excluding hydrogens is 186 g/mol. The standard InChI is InChI=1S/C13H21NO/c1-3-10-14(11-13(15)4-2)12-8-6-5-7-9-12/h5-9,13,15H,3-4,10-11H2,1-2H3. The first-order chi connectivity index (χ1) is 7.27. The fourth-order valence-electron chi connectivity index (χ4n) is 1.62. The van der Waals surface area contributed by atoms with E-state index in [4.69, 9.17) is 0 Å². The Bertz CT molecular complexity index is 260. The van der Waals surface area contributed by atoms with Crippen LogP contribution in [0.4, 0.5) is 5.69 Å². The number of benzene rings is 1. The van der Waals surface area contributed by atoms with E-state index in [2.05, 4.69) is 24.0 Å². The number of hydrogen-bond donors (Lipinski definition) is 1. The average Bonchev–Trinajstić information content (AvgIpc) is 2.29. The Hall–Kier alpha value is -1.02. The second kappa shape index (κ2) is 6.46. The number of aliphatic hydroxyl groups excluding tert-OH is 1. The molecule has 2 nitrogen and oxygen atoms in total. The van der Waals surface area contributed by atoms with Crippen LogP contribution < -0.4 is 4.90 Å². The average molecular weight is 207 g/mol. The van der Waals surface area contributed by atoms with Crippen molar-refractivity contribution in [2.75, 3.05) is 18.0 Å². The van der Waals surface area contributed by atoms with Gasteiger partial charge >= 0.3 is 0 Å². The zero-order chi connectivity index (χ0) is 11.1. The lowest BCUT2D eigenvalue weighted by molar-refractivity contribution is 0.175. The molecule has 0 aliphatic rings. The molecule has 1 aromatic rings. The van der Waals surface area contributed by atoms with Gasteiger partial charge < -0.3 is 10.0 Å². The molecule has 0 aliphatic carbocycles. The zero-order valence-corrected chi connectivity index (χ0v) is 9.69. The van der Waals surface area contributed by atoms with Gasteiger partial charge in [0.2, 0.25) is 0 Å². The number of hydrogen-bond acceptors (Lipinski definition) is 2. The minimum atomic E-state index is -0.225. The van der Waals surface area contributed by atoms with Gasteiger partial charge in [0, 0.05) is 18.8 Å². The summed E-state index contributed by atoms with van der Waals surface area (Å²) < 4.78 is 0. The van der Waals surface area contributed by atoms with Crippen LogP contribution in [0.5, 0.6) is 0 Å². The SMILES string of the molecule is CCCN(CC(O)CC)c1ccccc1. The van der Waals surface area contributed by atoms with E-state index in [1.54, 1.807) is 0 Å². The molecule has 1 aromatic carbocycles. The van der Waals surface area contributed by atoms with E-state index in [1.165, 1.54) is 5.69 Å². The van der Waals surface area contributed by atoms with Gasteiger partial charge in [-0.3, -0.25) is 0 Å². The molecule has 0 aliphatic heterocycles. The molecule has 0 saturated carbocycles. The zero-order valence-electron chi connectivity index (χ0n) is 9.69. The topological polar surface area (TPSA) is 23.5 Å². The van der Waals surface area contributed by atoms with Crippen LogP contribution in [0.3, 0.4) is 0 Å². The highest BCUT2D eigenvalue weighted by atomic mass is 16.3. The van der Waals surface area contributed by atoms with E-state index >= 15 is 0 Å². The number of aliphatic hydroxyl groups is 1. The number of para-hydroxylation sites is 1. The van der Waals surface area contributed by atoms with Gasteiger partial charge in [-0.05, 0) is 25.0 Å². The lowest BCUT2D eigenvalue weighted by Crippen LogP contribution is -2.32. The molecule has 1 atom stereocenters. The summed E-state index contributed by atoms with van der Waals surface area (Å²) in [5.74, 6) is 0. The van der Waals surface area contributed by atoms with Crippen LogP contribution in [0.1, 0.15) is 26.7 Å². The number of rotatable bonds is 6. The van der Waals surface area contributed by atoms with Crippen molar-refractivity contribution >= 4 is 5.69 Å². The highest BCUT2D eigenvalue weighted by molar-refractivity contribution is 5.45. The summed E-state index contributed by atoms with van der Waals surface area (Å²) in [4.78, 5) is 2.24. The molecule has 1 unspecified atom stereocenters. The Morgan fingerprint density at radius 2 is 1.87 bits per heavy atom. The first-order valence-electron chi connectivity index (χ1n) is 5.76. The minimum absolute atomic E-state index is 0.225. The fourth-order valence-corrected chi connectivity index (χ4v) is 1.62. The van der Waals surface area contributed by atoms with Crippen molar-refractivity contribution < 1.29 is 5.11 Å². The molecule has 0 bridgehead atoms. The molecule has 2 heteroatoms. The van der Waals surface area contributed by atoms with Crippen LogP contribution in [0.25, 0.3) is 0 Å². The number of nitrogens with zero attached hydrogens (tertiary/aromatic N) is 1. The molecule has 0 aromatic heterocycles. The summed E-state index contributed by atoms with van der Waals surface area (Å²) in [5.41, 5.74) is 1.20. The van der Waals surface area contributed by atoms with Crippen LogP contribution >= 0.6 is 0 Å². The second-order valence-electron chi connectivity index (χ2n) is 3.84. The first kappa shape index (κ1) is 12.1. The first-order valence-corrected chi connectivity index (χ1v) is 5.76. The van der Waals surface area contributed by atoms with E-state index in [0.717, 1.165) is 25.9 Å². The van der Waals surface area contributed by atoms with Crippen molar-refractivity contribution in [3.05, 3.63) is 30.3 Å². The quantitative estimate of drug-likeness (QED) is 0.775. The molecule has 0 fully saturated rings. The summed E-state index contributed by atoms with van der Waals surface area (Å²) in [5, 5.41) is 9.67. The lowest BCUT2D eigenvalue weighted by atomic mass is 10.2. The van der Waals surface area contributed by atoms with Crippen molar-refractivity contribution in [2.45, 2.75) is 32.8 Å².